The number of phenolic OH excluding ortho intramolecular Hbond substituents is 1. The maximum Gasteiger partial charge on any atom is 0.221 e. The number of anilines is 1. The zero-order valence-corrected chi connectivity index (χ0v) is 15.1. The number of hydrogen-bond acceptors (Lipinski definition) is 6. The van der Waals surface area contributed by atoms with Crippen LogP contribution in [-0.4, -0.2) is 27.2 Å². The fourth-order valence-corrected chi connectivity index (χ4v) is 3.08. The highest BCUT2D eigenvalue weighted by Gasteiger charge is 2.14. The van der Waals surface area contributed by atoms with Gasteiger partial charge in [0.05, 0.1) is 23.3 Å². The van der Waals surface area contributed by atoms with E-state index in [0.29, 0.717) is 28.0 Å². The standard InChI is InChI=1S/C20H15ClN4O2/c1-27-16-10-12(9-13(21)19(16)26)14-7-8-15-18(23-14)17(25-20(22)24-15)11-5-3-2-4-6-11/h2-10,26H,1H3,(H2,22,24,25). The molecule has 0 saturated heterocycles. The van der Waals surface area contributed by atoms with Crippen molar-refractivity contribution in [3.8, 4) is 34.0 Å². The van der Waals surface area contributed by atoms with E-state index >= 15 is 0 Å². The van der Waals surface area contributed by atoms with E-state index in [4.69, 9.17) is 27.1 Å². The number of nitrogens with two attached hydrogens (primary N) is 1. The first kappa shape index (κ1) is 17.1. The number of phenols is 1. The van der Waals surface area contributed by atoms with Crippen LogP contribution in [0.1, 0.15) is 0 Å². The fourth-order valence-electron chi connectivity index (χ4n) is 2.87. The first-order chi connectivity index (χ1) is 13.1. The summed E-state index contributed by atoms with van der Waals surface area (Å²) in [5.74, 6) is 0.353. The number of nitrogen functional groups attached to an aromatic ring is 1. The number of aromatic nitrogens is 3. The summed E-state index contributed by atoms with van der Waals surface area (Å²) < 4.78 is 5.18. The fraction of sp³-hybridized carbons (Fsp3) is 0.0500. The molecule has 2 aromatic heterocycles. The number of nitrogens with zero attached hydrogens (tertiary/aromatic N) is 3. The third-order valence-corrected chi connectivity index (χ3v) is 4.44. The van der Waals surface area contributed by atoms with Gasteiger partial charge in [0.2, 0.25) is 5.95 Å². The third-order valence-electron chi connectivity index (χ3n) is 4.15. The normalized spacial score (nSPS) is 10.9. The molecule has 0 fully saturated rings. The molecule has 0 atom stereocenters. The second kappa shape index (κ2) is 6.74. The Labute approximate surface area is 160 Å². The lowest BCUT2D eigenvalue weighted by Gasteiger charge is -2.11. The molecule has 0 aliphatic carbocycles. The lowest BCUT2D eigenvalue weighted by atomic mass is 10.1. The SMILES string of the molecule is COc1cc(-c2ccc3nc(N)nc(-c4ccccc4)c3n2)cc(Cl)c1O. The smallest absolute Gasteiger partial charge is 0.221 e. The predicted molar refractivity (Wildman–Crippen MR) is 106 cm³/mol. The molecule has 3 N–H and O–H groups in total. The van der Waals surface area contributed by atoms with Crippen molar-refractivity contribution in [1.82, 2.24) is 15.0 Å². The second-order valence-corrected chi connectivity index (χ2v) is 6.28. The molecule has 2 heterocycles. The monoisotopic (exact) mass is 378 g/mol. The molecule has 0 unspecified atom stereocenters. The van der Waals surface area contributed by atoms with Crippen molar-refractivity contribution in [3.05, 3.63) is 59.6 Å². The van der Waals surface area contributed by atoms with Gasteiger partial charge in [-0.25, -0.2) is 15.0 Å². The lowest BCUT2D eigenvalue weighted by molar-refractivity contribution is 0.374. The molecule has 0 spiro atoms. The largest absolute Gasteiger partial charge is 0.503 e. The van der Waals surface area contributed by atoms with Crippen LogP contribution >= 0.6 is 11.6 Å². The Morgan fingerprint density at radius 2 is 1.74 bits per heavy atom. The van der Waals surface area contributed by atoms with Crippen molar-refractivity contribution in [2.45, 2.75) is 0 Å². The van der Waals surface area contributed by atoms with Crippen molar-refractivity contribution in [2.75, 3.05) is 12.8 Å². The summed E-state index contributed by atoms with van der Waals surface area (Å²) in [4.78, 5) is 13.4. The summed E-state index contributed by atoms with van der Waals surface area (Å²) in [6.45, 7) is 0. The number of halogens is 1. The Kier molecular flexibility index (Phi) is 4.25. The van der Waals surface area contributed by atoms with Gasteiger partial charge in [-0.1, -0.05) is 41.9 Å². The molecule has 7 heteroatoms. The number of fused-ring (bicyclic) bond motifs is 1. The molecule has 4 rings (SSSR count). The maximum absolute atomic E-state index is 9.95. The molecular formula is C20H15ClN4O2. The Morgan fingerprint density at radius 3 is 2.48 bits per heavy atom. The Bertz CT molecular complexity index is 1150. The highest BCUT2D eigenvalue weighted by molar-refractivity contribution is 6.32. The van der Waals surface area contributed by atoms with Gasteiger partial charge < -0.3 is 15.6 Å². The van der Waals surface area contributed by atoms with Crippen LogP contribution in [0.4, 0.5) is 5.95 Å². The van der Waals surface area contributed by atoms with Crippen LogP contribution in [0, 0.1) is 0 Å². The van der Waals surface area contributed by atoms with E-state index in [-0.39, 0.29) is 22.5 Å². The van der Waals surface area contributed by atoms with Gasteiger partial charge in [0, 0.05) is 11.1 Å². The predicted octanol–water partition coefficient (Wildman–Crippen LogP) is 4.31. The molecule has 6 nitrogen and oxygen atoms in total. The Morgan fingerprint density at radius 1 is 0.963 bits per heavy atom. The molecule has 27 heavy (non-hydrogen) atoms. The molecule has 4 aromatic rings. The van der Waals surface area contributed by atoms with E-state index in [9.17, 15) is 5.11 Å². The molecular weight excluding hydrogens is 364 g/mol. The molecule has 0 radical (unpaired) electrons. The number of pyridine rings is 1. The van der Waals surface area contributed by atoms with E-state index in [1.165, 1.54) is 7.11 Å². The van der Waals surface area contributed by atoms with Gasteiger partial charge in [0.15, 0.2) is 11.5 Å². The van der Waals surface area contributed by atoms with Crippen LogP contribution in [0.3, 0.4) is 0 Å². The maximum atomic E-state index is 9.95. The van der Waals surface area contributed by atoms with Crippen LogP contribution in [-0.2, 0) is 0 Å². The lowest BCUT2D eigenvalue weighted by Crippen LogP contribution is -2.00. The van der Waals surface area contributed by atoms with E-state index in [0.717, 1.165) is 5.56 Å². The summed E-state index contributed by atoms with van der Waals surface area (Å²) >= 11 is 6.11. The summed E-state index contributed by atoms with van der Waals surface area (Å²) in [5, 5.41) is 10.1. The average Bonchev–Trinajstić information content (AvgIpc) is 2.69. The van der Waals surface area contributed by atoms with Gasteiger partial charge in [0.1, 0.15) is 11.2 Å². The van der Waals surface area contributed by atoms with Gasteiger partial charge in [-0.2, -0.15) is 0 Å². The Balaban J connectivity index is 1.95. The van der Waals surface area contributed by atoms with Gasteiger partial charge >= 0.3 is 0 Å². The molecule has 0 amide bonds. The minimum atomic E-state index is -0.107. The van der Waals surface area contributed by atoms with Crippen molar-refractivity contribution < 1.29 is 9.84 Å². The average molecular weight is 379 g/mol. The third kappa shape index (κ3) is 3.11. The molecule has 0 aliphatic heterocycles. The summed E-state index contributed by atoms with van der Waals surface area (Å²) in [7, 11) is 1.47. The number of benzene rings is 2. The van der Waals surface area contributed by atoms with Crippen LogP contribution in [0.15, 0.2) is 54.6 Å². The van der Waals surface area contributed by atoms with E-state index in [2.05, 4.69) is 9.97 Å². The quantitative estimate of drug-likeness (QED) is 0.551. The number of aromatic hydroxyl groups is 1. The zero-order valence-electron chi connectivity index (χ0n) is 14.3. The van der Waals surface area contributed by atoms with Crippen molar-refractivity contribution in [2.24, 2.45) is 0 Å². The van der Waals surface area contributed by atoms with Gasteiger partial charge in [0.25, 0.3) is 0 Å². The molecule has 0 bridgehead atoms. The first-order valence-electron chi connectivity index (χ1n) is 8.13. The highest BCUT2D eigenvalue weighted by Crippen LogP contribution is 2.38. The topological polar surface area (TPSA) is 94.2 Å². The van der Waals surface area contributed by atoms with Crippen LogP contribution < -0.4 is 10.5 Å². The van der Waals surface area contributed by atoms with E-state index in [1.807, 2.05) is 42.5 Å². The zero-order chi connectivity index (χ0) is 19.0. The molecule has 134 valence electrons. The number of hydrogen-bond donors (Lipinski definition) is 2. The van der Waals surface area contributed by atoms with Crippen molar-refractivity contribution in [1.29, 1.82) is 0 Å². The van der Waals surface area contributed by atoms with Gasteiger partial charge in [-0.3, -0.25) is 0 Å². The number of ether oxygens (including phenoxy) is 1. The minimum Gasteiger partial charge on any atom is -0.503 e. The Hall–Kier alpha value is -3.38. The first-order valence-corrected chi connectivity index (χ1v) is 8.51. The van der Waals surface area contributed by atoms with E-state index in [1.54, 1.807) is 12.1 Å². The van der Waals surface area contributed by atoms with E-state index < -0.39 is 0 Å². The summed E-state index contributed by atoms with van der Waals surface area (Å²) in [6, 6.07) is 16.6. The highest BCUT2D eigenvalue weighted by atomic mass is 35.5. The minimum absolute atomic E-state index is 0.107. The molecule has 0 saturated carbocycles. The van der Waals surface area contributed by atoms with Gasteiger partial charge in [-0.15, -0.1) is 0 Å². The van der Waals surface area contributed by atoms with Crippen LogP contribution in [0.5, 0.6) is 11.5 Å². The summed E-state index contributed by atoms with van der Waals surface area (Å²) in [6.07, 6.45) is 0. The summed E-state index contributed by atoms with van der Waals surface area (Å²) in [5.41, 5.74) is 10.0. The molecule has 0 aliphatic rings. The number of rotatable bonds is 3. The second-order valence-electron chi connectivity index (χ2n) is 5.87. The van der Waals surface area contributed by atoms with Crippen LogP contribution in [0.25, 0.3) is 33.5 Å². The van der Waals surface area contributed by atoms with Gasteiger partial charge in [-0.05, 0) is 24.3 Å². The number of methoxy groups -OCH3 is 1. The van der Waals surface area contributed by atoms with Crippen molar-refractivity contribution in [3.63, 3.8) is 0 Å². The van der Waals surface area contributed by atoms with Crippen molar-refractivity contribution >= 4 is 28.6 Å². The van der Waals surface area contributed by atoms with Crippen LogP contribution in [0.2, 0.25) is 5.02 Å². The molecule has 2 aromatic carbocycles.